The highest BCUT2D eigenvalue weighted by Crippen LogP contribution is 2.31. The van der Waals surface area contributed by atoms with Gasteiger partial charge in [-0.15, -0.1) is 0 Å². The molecule has 7 heteroatoms. The van der Waals surface area contributed by atoms with E-state index < -0.39 is 17.5 Å². The predicted octanol–water partition coefficient (Wildman–Crippen LogP) is 5.11. The van der Waals surface area contributed by atoms with Gasteiger partial charge in [-0.2, -0.15) is 0 Å². The number of anilines is 2. The molecule has 0 radical (unpaired) electrons. The number of fused-ring (bicyclic) bond motifs is 1. The van der Waals surface area contributed by atoms with Crippen molar-refractivity contribution in [3.63, 3.8) is 0 Å². The van der Waals surface area contributed by atoms with Crippen LogP contribution in [0.2, 0.25) is 5.02 Å². The van der Waals surface area contributed by atoms with Gasteiger partial charge in [0.1, 0.15) is 5.82 Å². The van der Waals surface area contributed by atoms with E-state index in [4.69, 9.17) is 11.6 Å². The first-order valence-corrected chi connectivity index (χ1v) is 6.70. The van der Waals surface area contributed by atoms with Gasteiger partial charge >= 0.3 is 0 Å². The van der Waals surface area contributed by atoms with Crippen LogP contribution in [-0.2, 0) is 0 Å². The summed E-state index contributed by atoms with van der Waals surface area (Å²) in [5.74, 6) is -3.27. The maximum absolute atomic E-state index is 13.5. The van der Waals surface area contributed by atoms with Gasteiger partial charge in [0.2, 0.25) is 0 Å². The van der Waals surface area contributed by atoms with Crippen molar-refractivity contribution in [2.24, 2.45) is 0 Å². The highest BCUT2D eigenvalue weighted by molar-refractivity contribution is 7.22. The Morgan fingerprint density at radius 2 is 1.90 bits per heavy atom. The fourth-order valence-corrected chi connectivity index (χ4v) is 2.74. The minimum Gasteiger partial charge on any atom is -0.329 e. The lowest BCUT2D eigenvalue weighted by molar-refractivity contribution is 0.498. The molecule has 2 nitrogen and oxygen atoms in total. The Hall–Kier alpha value is -1.79. The summed E-state index contributed by atoms with van der Waals surface area (Å²) in [6.07, 6.45) is 0. The van der Waals surface area contributed by atoms with Crippen molar-refractivity contribution in [3.8, 4) is 0 Å². The molecule has 2 aromatic carbocycles. The van der Waals surface area contributed by atoms with Gasteiger partial charge in [0.15, 0.2) is 16.8 Å². The maximum Gasteiger partial charge on any atom is 0.188 e. The molecule has 0 aliphatic heterocycles. The van der Waals surface area contributed by atoms with Crippen LogP contribution in [0, 0.1) is 17.5 Å². The third-order valence-electron chi connectivity index (χ3n) is 2.58. The van der Waals surface area contributed by atoms with Crippen molar-refractivity contribution in [1.82, 2.24) is 4.98 Å². The van der Waals surface area contributed by atoms with E-state index in [1.807, 2.05) is 0 Å². The van der Waals surface area contributed by atoms with E-state index in [0.29, 0.717) is 21.7 Å². The lowest BCUT2D eigenvalue weighted by atomic mass is 10.3. The molecule has 0 unspecified atom stereocenters. The Morgan fingerprint density at radius 1 is 1.10 bits per heavy atom. The number of benzene rings is 2. The van der Waals surface area contributed by atoms with Crippen molar-refractivity contribution in [1.29, 1.82) is 0 Å². The number of halogens is 4. The van der Waals surface area contributed by atoms with Crippen molar-refractivity contribution in [3.05, 3.63) is 52.8 Å². The first-order valence-electron chi connectivity index (χ1n) is 5.50. The molecule has 0 saturated heterocycles. The predicted molar refractivity (Wildman–Crippen MR) is 74.2 cm³/mol. The van der Waals surface area contributed by atoms with Gasteiger partial charge in [-0.1, -0.05) is 22.9 Å². The van der Waals surface area contributed by atoms with E-state index >= 15 is 0 Å². The standard InChI is InChI=1S/C13H6ClF3N2S/c14-6-1-2-11-9(3-6)18-13(20-11)19-10-5-7(15)4-8(16)12(10)17/h1-5H,(H,18,19). The van der Waals surface area contributed by atoms with Crippen molar-refractivity contribution in [2.45, 2.75) is 0 Å². The van der Waals surface area contributed by atoms with E-state index in [0.717, 1.165) is 10.8 Å². The van der Waals surface area contributed by atoms with Crippen LogP contribution in [0.15, 0.2) is 30.3 Å². The Balaban J connectivity index is 2.01. The SMILES string of the molecule is Fc1cc(F)c(F)c(Nc2nc3cc(Cl)ccc3s2)c1. The van der Waals surface area contributed by atoms with E-state index in [2.05, 4.69) is 10.3 Å². The second-order valence-electron chi connectivity index (χ2n) is 4.01. The Morgan fingerprint density at radius 3 is 2.70 bits per heavy atom. The minimum absolute atomic E-state index is 0.298. The van der Waals surface area contributed by atoms with Gasteiger partial charge in [-0.3, -0.25) is 0 Å². The van der Waals surface area contributed by atoms with Crippen LogP contribution < -0.4 is 5.32 Å². The molecular weight excluding hydrogens is 309 g/mol. The number of aromatic nitrogens is 1. The molecule has 1 aromatic heterocycles. The molecule has 102 valence electrons. The third-order valence-corrected chi connectivity index (χ3v) is 3.77. The van der Waals surface area contributed by atoms with Gasteiger partial charge < -0.3 is 5.32 Å². The van der Waals surface area contributed by atoms with Crippen LogP contribution in [0.3, 0.4) is 0 Å². The molecule has 1 N–H and O–H groups in total. The van der Waals surface area contributed by atoms with Crippen molar-refractivity contribution in [2.75, 3.05) is 5.32 Å². The zero-order valence-corrected chi connectivity index (χ0v) is 11.3. The largest absolute Gasteiger partial charge is 0.329 e. The van der Waals surface area contributed by atoms with Gasteiger partial charge in [0.05, 0.1) is 15.9 Å². The molecule has 0 fully saturated rings. The third kappa shape index (κ3) is 2.44. The fraction of sp³-hybridized carbons (Fsp3) is 0. The van der Waals surface area contributed by atoms with Crippen molar-refractivity contribution >= 4 is 44.0 Å². The summed E-state index contributed by atoms with van der Waals surface area (Å²) in [5, 5.41) is 3.42. The molecule has 0 atom stereocenters. The second-order valence-corrected chi connectivity index (χ2v) is 5.47. The van der Waals surface area contributed by atoms with E-state index in [-0.39, 0.29) is 5.69 Å². The molecule has 0 amide bonds. The monoisotopic (exact) mass is 314 g/mol. The molecule has 0 saturated carbocycles. The average Bonchev–Trinajstić information content (AvgIpc) is 2.76. The highest BCUT2D eigenvalue weighted by Gasteiger charge is 2.13. The van der Waals surface area contributed by atoms with E-state index in [9.17, 15) is 13.2 Å². The topological polar surface area (TPSA) is 24.9 Å². The summed E-state index contributed by atoms with van der Waals surface area (Å²) >= 11 is 7.07. The maximum atomic E-state index is 13.5. The second kappa shape index (κ2) is 4.96. The van der Waals surface area contributed by atoms with Crippen LogP contribution in [-0.4, -0.2) is 4.98 Å². The molecule has 0 bridgehead atoms. The fourth-order valence-electron chi connectivity index (χ4n) is 1.72. The van der Waals surface area contributed by atoms with Gasteiger partial charge in [-0.05, 0) is 18.2 Å². The highest BCUT2D eigenvalue weighted by atomic mass is 35.5. The molecule has 0 spiro atoms. The summed E-state index contributed by atoms with van der Waals surface area (Å²) in [7, 11) is 0. The summed E-state index contributed by atoms with van der Waals surface area (Å²) in [6.45, 7) is 0. The van der Waals surface area contributed by atoms with Gasteiger partial charge in [0, 0.05) is 17.2 Å². The van der Waals surface area contributed by atoms with Crippen LogP contribution in [0.25, 0.3) is 10.2 Å². The van der Waals surface area contributed by atoms with Crippen LogP contribution in [0.1, 0.15) is 0 Å². The van der Waals surface area contributed by atoms with Gasteiger partial charge in [-0.25, -0.2) is 18.2 Å². The lowest BCUT2D eigenvalue weighted by Crippen LogP contribution is -1.97. The van der Waals surface area contributed by atoms with Crippen LogP contribution >= 0.6 is 22.9 Å². The summed E-state index contributed by atoms with van der Waals surface area (Å²) < 4.78 is 40.6. The number of thiazole rings is 1. The quantitative estimate of drug-likeness (QED) is 0.665. The van der Waals surface area contributed by atoms with E-state index in [1.165, 1.54) is 11.3 Å². The number of hydrogen-bond acceptors (Lipinski definition) is 3. The zero-order valence-electron chi connectivity index (χ0n) is 9.75. The number of rotatable bonds is 2. The van der Waals surface area contributed by atoms with Gasteiger partial charge in [0.25, 0.3) is 0 Å². The molecule has 0 aliphatic rings. The van der Waals surface area contributed by atoms with Crippen LogP contribution in [0.4, 0.5) is 24.0 Å². The minimum atomic E-state index is -1.25. The smallest absolute Gasteiger partial charge is 0.188 e. The number of nitrogens with one attached hydrogen (secondary N) is 1. The summed E-state index contributed by atoms with van der Waals surface area (Å²) in [4.78, 5) is 4.18. The molecule has 20 heavy (non-hydrogen) atoms. The van der Waals surface area contributed by atoms with E-state index in [1.54, 1.807) is 18.2 Å². The van der Waals surface area contributed by atoms with Crippen LogP contribution in [0.5, 0.6) is 0 Å². The number of nitrogens with zero attached hydrogens (tertiary/aromatic N) is 1. The zero-order chi connectivity index (χ0) is 14.3. The Labute approximate surface area is 120 Å². The number of hydrogen-bond donors (Lipinski definition) is 1. The summed E-state index contributed by atoms with van der Waals surface area (Å²) in [6, 6.07) is 6.48. The first kappa shape index (κ1) is 13.2. The Kier molecular flexibility index (Phi) is 3.27. The molecule has 1 heterocycles. The Bertz CT molecular complexity index is 804. The average molecular weight is 315 g/mol. The normalized spacial score (nSPS) is 11.0. The van der Waals surface area contributed by atoms with Crippen molar-refractivity contribution < 1.29 is 13.2 Å². The molecular formula is C13H6ClF3N2S. The molecule has 3 aromatic rings. The molecule has 0 aliphatic carbocycles. The first-order chi connectivity index (χ1) is 9.52. The lowest BCUT2D eigenvalue weighted by Gasteiger charge is -2.04. The summed E-state index contributed by atoms with van der Waals surface area (Å²) in [5.41, 5.74) is 0.329. The molecule has 3 rings (SSSR count).